The second kappa shape index (κ2) is 7.80. The molecule has 4 nitrogen and oxygen atoms in total. The van der Waals surface area contributed by atoms with Gasteiger partial charge in [-0.15, -0.1) is 0 Å². The smallest absolute Gasteiger partial charge is 0.306 e. The molecule has 0 saturated carbocycles. The molecule has 0 aliphatic heterocycles. The summed E-state index contributed by atoms with van der Waals surface area (Å²) in [5.74, 6) is 0.604. The summed E-state index contributed by atoms with van der Waals surface area (Å²) in [7, 11) is 1.40. The largest absolute Gasteiger partial charge is 0.494 e. The molecule has 1 atom stereocenters. The van der Waals surface area contributed by atoms with Gasteiger partial charge in [-0.05, 0) is 36.5 Å². The van der Waals surface area contributed by atoms with Gasteiger partial charge in [0.2, 0.25) is 0 Å². The summed E-state index contributed by atoms with van der Waals surface area (Å²) in [6.45, 7) is 6.62. The highest BCUT2D eigenvalue weighted by Gasteiger charge is 2.26. The van der Waals surface area contributed by atoms with E-state index >= 15 is 0 Å². The van der Waals surface area contributed by atoms with Crippen molar-refractivity contribution in [2.24, 2.45) is 11.1 Å². The van der Waals surface area contributed by atoms with Gasteiger partial charge in [-0.3, -0.25) is 4.79 Å². The zero-order chi connectivity index (χ0) is 16.0. The molecule has 0 aromatic heterocycles. The first kappa shape index (κ1) is 18.0. The maximum absolute atomic E-state index is 11.4. The summed E-state index contributed by atoms with van der Waals surface area (Å²) in [6, 6.07) is 5.64. The molecule has 0 fully saturated rings. The summed E-state index contributed by atoms with van der Waals surface area (Å²) in [4.78, 5) is 11.4. The Labute approximate surface area is 135 Å². The molecule has 1 unspecified atom stereocenters. The predicted octanol–water partition coefficient (Wildman–Crippen LogP) is 3.83. The van der Waals surface area contributed by atoms with Crippen molar-refractivity contribution in [3.05, 3.63) is 28.2 Å². The summed E-state index contributed by atoms with van der Waals surface area (Å²) < 4.78 is 11.1. The third kappa shape index (κ3) is 5.67. The average Bonchev–Trinajstić information content (AvgIpc) is 2.37. The van der Waals surface area contributed by atoms with Crippen molar-refractivity contribution in [2.45, 2.75) is 39.7 Å². The molecule has 1 rings (SSSR count). The highest BCUT2D eigenvalue weighted by molar-refractivity contribution is 9.10. The lowest BCUT2D eigenvalue weighted by molar-refractivity contribution is -0.143. The topological polar surface area (TPSA) is 61.5 Å². The quantitative estimate of drug-likeness (QED) is 0.753. The van der Waals surface area contributed by atoms with Gasteiger partial charge < -0.3 is 15.2 Å². The lowest BCUT2D eigenvalue weighted by Crippen LogP contribution is -2.24. The second-order valence-electron chi connectivity index (χ2n) is 5.84. The van der Waals surface area contributed by atoms with Gasteiger partial charge in [0.1, 0.15) is 5.75 Å². The van der Waals surface area contributed by atoms with Crippen molar-refractivity contribution in [3.63, 3.8) is 0 Å². The van der Waals surface area contributed by atoms with Gasteiger partial charge >= 0.3 is 5.97 Å². The molecule has 0 aliphatic carbocycles. The highest BCUT2D eigenvalue weighted by Crippen LogP contribution is 2.35. The van der Waals surface area contributed by atoms with Crippen LogP contribution in [-0.4, -0.2) is 19.7 Å². The minimum absolute atomic E-state index is 0.158. The van der Waals surface area contributed by atoms with Crippen LogP contribution >= 0.6 is 15.9 Å². The van der Waals surface area contributed by atoms with Crippen LogP contribution in [0, 0.1) is 5.41 Å². The van der Waals surface area contributed by atoms with E-state index in [0.717, 1.165) is 15.8 Å². The molecular formula is C16H24BrNO3. The van der Waals surface area contributed by atoms with Gasteiger partial charge in [-0.1, -0.05) is 35.8 Å². The molecule has 1 aromatic carbocycles. The molecule has 0 spiro atoms. The fraction of sp³-hybridized carbons (Fsp3) is 0.562. The van der Waals surface area contributed by atoms with Gasteiger partial charge in [-0.2, -0.15) is 0 Å². The zero-order valence-corrected chi connectivity index (χ0v) is 14.7. The minimum atomic E-state index is -0.218. The molecule has 0 aliphatic rings. The first-order chi connectivity index (χ1) is 9.79. The van der Waals surface area contributed by atoms with Crippen LogP contribution in [0.5, 0.6) is 5.75 Å². The van der Waals surface area contributed by atoms with E-state index < -0.39 is 0 Å². The molecular weight excluding hydrogens is 334 g/mol. The predicted molar refractivity (Wildman–Crippen MR) is 87.3 cm³/mol. The first-order valence-electron chi connectivity index (χ1n) is 7.03. The third-order valence-electron chi connectivity index (χ3n) is 3.31. The lowest BCUT2D eigenvalue weighted by Gasteiger charge is -2.27. The van der Waals surface area contributed by atoms with Crippen LogP contribution in [0.1, 0.15) is 45.2 Å². The molecule has 0 bridgehead atoms. The van der Waals surface area contributed by atoms with Gasteiger partial charge in [0, 0.05) is 10.5 Å². The van der Waals surface area contributed by atoms with Crippen LogP contribution in [0.25, 0.3) is 0 Å². The second-order valence-corrected chi connectivity index (χ2v) is 6.70. The zero-order valence-electron chi connectivity index (χ0n) is 13.1. The van der Waals surface area contributed by atoms with E-state index in [1.807, 2.05) is 39.0 Å². The molecule has 5 heteroatoms. The molecule has 2 N–H and O–H groups in total. The maximum atomic E-state index is 11.4. The number of hydrogen-bond acceptors (Lipinski definition) is 4. The Kier molecular flexibility index (Phi) is 6.68. The van der Waals surface area contributed by atoms with Crippen molar-refractivity contribution in [3.8, 4) is 5.75 Å². The van der Waals surface area contributed by atoms with Crippen molar-refractivity contribution >= 4 is 21.9 Å². The number of methoxy groups -OCH3 is 1. The van der Waals surface area contributed by atoms with Crippen LogP contribution in [0.15, 0.2) is 22.7 Å². The van der Waals surface area contributed by atoms with Crippen LogP contribution in [-0.2, 0) is 9.53 Å². The average molecular weight is 358 g/mol. The SMILES string of the molecule is CCOc1ccc(C(N)CC(C)(C)CC(=O)OC)c(Br)c1. The van der Waals surface area contributed by atoms with Crippen LogP contribution < -0.4 is 10.5 Å². The van der Waals surface area contributed by atoms with Crippen LogP contribution in [0.3, 0.4) is 0 Å². The van der Waals surface area contributed by atoms with Crippen molar-refractivity contribution in [2.75, 3.05) is 13.7 Å². The van der Waals surface area contributed by atoms with E-state index in [0.29, 0.717) is 19.4 Å². The Morgan fingerprint density at radius 1 is 1.43 bits per heavy atom. The number of esters is 1. The van der Waals surface area contributed by atoms with Gasteiger partial charge in [0.05, 0.1) is 20.1 Å². The monoisotopic (exact) mass is 357 g/mol. The number of ether oxygens (including phenoxy) is 2. The number of carbonyl (C=O) groups is 1. The molecule has 1 aromatic rings. The van der Waals surface area contributed by atoms with Crippen LogP contribution in [0.4, 0.5) is 0 Å². The number of benzene rings is 1. The third-order valence-corrected chi connectivity index (χ3v) is 3.99. The maximum Gasteiger partial charge on any atom is 0.306 e. The number of halogens is 1. The summed E-state index contributed by atoms with van der Waals surface area (Å²) in [5, 5.41) is 0. The Balaban J connectivity index is 2.79. The minimum Gasteiger partial charge on any atom is -0.494 e. The molecule has 0 amide bonds. The Morgan fingerprint density at radius 2 is 2.10 bits per heavy atom. The summed E-state index contributed by atoms with van der Waals surface area (Å²) in [5.41, 5.74) is 7.09. The summed E-state index contributed by atoms with van der Waals surface area (Å²) in [6.07, 6.45) is 1.04. The van der Waals surface area contributed by atoms with E-state index in [4.69, 9.17) is 15.2 Å². The van der Waals surface area contributed by atoms with Gasteiger partial charge in [-0.25, -0.2) is 0 Å². The fourth-order valence-electron chi connectivity index (χ4n) is 2.31. The molecule has 118 valence electrons. The number of carbonyl (C=O) groups excluding carboxylic acids is 1. The molecule has 0 saturated heterocycles. The summed E-state index contributed by atoms with van der Waals surface area (Å²) >= 11 is 3.54. The number of rotatable bonds is 7. The Hall–Kier alpha value is -1.07. The Bertz CT molecular complexity index is 488. The van der Waals surface area contributed by atoms with Gasteiger partial charge in [0.15, 0.2) is 0 Å². The molecule has 0 heterocycles. The van der Waals surface area contributed by atoms with Crippen molar-refractivity contribution < 1.29 is 14.3 Å². The molecule has 21 heavy (non-hydrogen) atoms. The first-order valence-corrected chi connectivity index (χ1v) is 7.83. The Morgan fingerprint density at radius 3 is 2.62 bits per heavy atom. The van der Waals surface area contributed by atoms with E-state index in [1.54, 1.807) is 0 Å². The van der Waals surface area contributed by atoms with E-state index in [2.05, 4.69) is 15.9 Å². The van der Waals surface area contributed by atoms with Crippen molar-refractivity contribution in [1.82, 2.24) is 0 Å². The standard InChI is InChI=1S/C16H24BrNO3/c1-5-21-11-6-7-12(13(17)8-11)14(18)9-16(2,3)10-15(19)20-4/h6-8,14H,5,9-10,18H2,1-4H3. The van der Waals surface area contributed by atoms with E-state index in [1.165, 1.54) is 7.11 Å². The normalized spacial score (nSPS) is 12.9. The van der Waals surface area contributed by atoms with Crippen LogP contribution in [0.2, 0.25) is 0 Å². The number of hydrogen-bond donors (Lipinski definition) is 1. The fourth-order valence-corrected chi connectivity index (χ4v) is 2.96. The lowest BCUT2D eigenvalue weighted by atomic mass is 9.81. The van der Waals surface area contributed by atoms with Gasteiger partial charge in [0.25, 0.3) is 0 Å². The van der Waals surface area contributed by atoms with E-state index in [9.17, 15) is 4.79 Å². The highest BCUT2D eigenvalue weighted by atomic mass is 79.9. The molecule has 0 radical (unpaired) electrons. The number of nitrogens with two attached hydrogens (primary N) is 1. The van der Waals surface area contributed by atoms with E-state index in [-0.39, 0.29) is 17.4 Å². The van der Waals surface area contributed by atoms with Crippen molar-refractivity contribution in [1.29, 1.82) is 0 Å².